The minimum Gasteiger partial charge on any atom is -0.377 e. The molecule has 0 radical (unpaired) electrons. The molecule has 0 bridgehead atoms. The summed E-state index contributed by atoms with van der Waals surface area (Å²) in [5.41, 5.74) is 4.19. The van der Waals surface area contributed by atoms with Crippen molar-refractivity contribution in [3.05, 3.63) is 28.8 Å². The highest BCUT2D eigenvalue weighted by molar-refractivity contribution is 6.08. The molecular weight excluding hydrogens is 150 g/mol. The van der Waals surface area contributed by atoms with E-state index in [0.717, 1.165) is 22.4 Å². The van der Waals surface area contributed by atoms with Gasteiger partial charge in [0.05, 0.1) is 6.54 Å². The highest BCUT2D eigenvalue weighted by atomic mass is 16.1. The lowest BCUT2D eigenvalue weighted by Crippen LogP contribution is -2.00. The molecule has 0 aromatic heterocycles. The summed E-state index contributed by atoms with van der Waals surface area (Å²) in [6.07, 6.45) is 0. The van der Waals surface area contributed by atoms with Crippen LogP contribution in [0.15, 0.2) is 12.1 Å². The zero-order chi connectivity index (χ0) is 8.72. The lowest BCUT2D eigenvalue weighted by molar-refractivity contribution is 0.101. The van der Waals surface area contributed by atoms with Crippen molar-refractivity contribution in [1.29, 1.82) is 0 Å². The largest absolute Gasteiger partial charge is 0.377 e. The number of aryl methyl sites for hydroxylation is 2. The Balaban J connectivity index is 2.68. The number of hydrogen-bond donors (Lipinski definition) is 1. The lowest BCUT2D eigenvalue weighted by Gasteiger charge is -2.03. The number of ketones is 1. The maximum atomic E-state index is 11.3. The van der Waals surface area contributed by atoms with Crippen molar-refractivity contribution in [2.75, 3.05) is 11.9 Å². The van der Waals surface area contributed by atoms with E-state index in [4.69, 9.17) is 0 Å². The molecule has 1 N–H and O–H groups in total. The van der Waals surface area contributed by atoms with E-state index in [0.29, 0.717) is 6.54 Å². The van der Waals surface area contributed by atoms with Crippen molar-refractivity contribution >= 4 is 11.5 Å². The highest BCUT2D eigenvalue weighted by Gasteiger charge is 2.20. The maximum Gasteiger partial charge on any atom is 0.183 e. The molecule has 0 aliphatic carbocycles. The number of carbonyl (C=O) groups is 1. The first kappa shape index (κ1) is 7.35. The van der Waals surface area contributed by atoms with E-state index in [1.165, 1.54) is 0 Å². The standard InChI is InChI=1S/C10H11NO/c1-6-3-7(2)10-8(4-6)9(12)5-11-10/h3-4,11H,5H2,1-2H3. The summed E-state index contributed by atoms with van der Waals surface area (Å²) >= 11 is 0. The monoisotopic (exact) mass is 161 g/mol. The van der Waals surface area contributed by atoms with E-state index >= 15 is 0 Å². The van der Waals surface area contributed by atoms with Crippen LogP contribution < -0.4 is 5.32 Å². The molecule has 0 spiro atoms. The summed E-state index contributed by atoms with van der Waals surface area (Å²) in [5.74, 6) is 0.205. The number of benzene rings is 1. The molecular formula is C10H11NO. The Bertz CT molecular complexity index is 355. The molecule has 0 amide bonds. The molecule has 2 nitrogen and oxygen atoms in total. The Hall–Kier alpha value is -1.31. The van der Waals surface area contributed by atoms with Crippen molar-refractivity contribution < 1.29 is 4.79 Å². The van der Waals surface area contributed by atoms with E-state index in [-0.39, 0.29) is 5.78 Å². The summed E-state index contributed by atoms with van der Waals surface area (Å²) in [5, 5.41) is 3.10. The molecule has 0 atom stereocenters. The SMILES string of the molecule is Cc1cc(C)c2c(c1)C(=O)CN2. The number of carbonyl (C=O) groups excluding carboxylic acids is 1. The molecule has 1 heterocycles. The third-order valence-corrected chi connectivity index (χ3v) is 2.21. The van der Waals surface area contributed by atoms with Crippen LogP contribution in [0.3, 0.4) is 0 Å². The van der Waals surface area contributed by atoms with Gasteiger partial charge in [-0.2, -0.15) is 0 Å². The zero-order valence-corrected chi connectivity index (χ0v) is 7.27. The van der Waals surface area contributed by atoms with Crippen molar-refractivity contribution in [1.82, 2.24) is 0 Å². The van der Waals surface area contributed by atoms with Gasteiger partial charge < -0.3 is 5.32 Å². The topological polar surface area (TPSA) is 29.1 Å². The Labute approximate surface area is 71.6 Å². The van der Waals surface area contributed by atoms with Crippen LogP contribution in [0.25, 0.3) is 0 Å². The van der Waals surface area contributed by atoms with Crippen molar-refractivity contribution in [2.24, 2.45) is 0 Å². The molecule has 0 saturated carbocycles. The molecule has 62 valence electrons. The van der Waals surface area contributed by atoms with Crippen molar-refractivity contribution in [2.45, 2.75) is 13.8 Å². The first-order valence-electron chi connectivity index (χ1n) is 4.07. The smallest absolute Gasteiger partial charge is 0.183 e. The second-order valence-corrected chi connectivity index (χ2v) is 3.28. The molecule has 1 aromatic rings. The minimum atomic E-state index is 0.205. The lowest BCUT2D eigenvalue weighted by atomic mass is 10.0. The van der Waals surface area contributed by atoms with Crippen LogP contribution in [-0.2, 0) is 0 Å². The molecule has 0 saturated heterocycles. The third kappa shape index (κ3) is 0.916. The molecule has 1 aromatic carbocycles. The molecule has 0 unspecified atom stereocenters. The normalized spacial score (nSPS) is 14.3. The summed E-state index contributed by atoms with van der Waals surface area (Å²) < 4.78 is 0. The van der Waals surface area contributed by atoms with E-state index in [9.17, 15) is 4.79 Å². The van der Waals surface area contributed by atoms with E-state index < -0.39 is 0 Å². The van der Waals surface area contributed by atoms with Crippen LogP contribution >= 0.6 is 0 Å². The fourth-order valence-electron chi connectivity index (χ4n) is 1.69. The van der Waals surface area contributed by atoms with Crippen LogP contribution in [0, 0.1) is 13.8 Å². The van der Waals surface area contributed by atoms with Gasteiger partial charge in [-0.25, -0.2) is 0 Å². The van der Waals surface area contributed by atoms with Gasteiger partial charge in [0.25, 0.3) is 0 Å². The second kappa shape index (κ2) is 2.34. The number of Topliss-reactive ketones (excluding diaryl/α,β-unsaturated/α-hetero) is 1. The Morgan fingerprint density at radius 1 is 1.33 bits per heavy atom. The van der Waals surface area contributed by atoms with E-state index in [1.807, 2.05) is 19.9 Å². The quantitative estimate of drug-likeness (QED) is 0.629. The van der Waals surface area contributed by atoms with Gasteiger partial charge in [-0.15, -0.1) is 0 Å². The third-order valence-electron chi connectivity index (χ3n) is 2.21. The van der Waals surface area contributed by atoms with Crippen LogP contribution in [-0.4, -0.2) is 12.3 Å². The number of hydrogen-bond acceptors (Lipinski definition) is 2. The summed E-state index contributed by atoms with van der Waals surface area (Å²) in [7, 11) is 0. The zero-order valence-electron chi connectivity index (χ0n) is 7.27. The fraction of sp³-hybridized carbons (Fsp3) is 0.300. The van der Waals surface area contributed by atoms with Gasteiger partial charge in [0.1, 0.15) is 0 Å². The first-order chi connectivity index (χ1) is 5.68. The molecule has 2 rings (SSSR count). The summed E-state index contributed by atoms with van der Waals surface area (Å²) in [6, 6.07) is 4.04. The number of rotatable bonds is 0. The van der Waals surface area contributed by atoms with Gasteiger partial charge in [-0.1, -0.05) is 6.07 Å². The van der Waals surface area contributed by atoms with Crippen molar-refractivity contribution in [3.8, 4) is 0 Å². The predicted octanol–water partition coefficient (Wildman–Crippen LogP) is 1.91. The number of nitrogens with one attached hydrogen (secondary N) is 1. The molecule has 0 fully saturated rings. The molecule has 1 aliphatic heterocycles. The van der Waals surface area contributed by atoms with Crippen LogP contribution in [0.1, 0.15) is 21.5 Å². The first-order valence-corrected chi connectivity index (χ1v) is 4.07. The van der Waals surface area contributed by atoms with E-state index in [1.54, 1.807) is 0 Å². The van der Waals surface area contributed by atoms with Crippen molar-refractivity contribution in [3.63, 3.8) is 0 Å². The van der Waals surface area contributed by atoms with Gasteiger partial charge in [0.15, 0.2) is 5.78 Å². The average Bonchev–Trinajstić information content (AvgIpc) is 2.33. The molecule has 2 heteroatoms. The minimum absolute atomic E-state index is 0.205. The number of anilines is 1. The Morgan fingerprint density at radius 2 is 2.08 bits per heavy atom. The summed E-state index contributed by atoms with van der Waals surface area (Å²) in [6.45, 7) is 4.50. The van der Waals surface area contributed by atoms with Gasteiger partial charge in [0, 0.05) is 11.3 Å². The number of fused-ring (bicyclic) bond motifs is 1. The van der Waals surface area contributed by atoms with Gasteiger partial charge in [-0.05, 0) is 31.0 Å². The van der Waals surface area contributed by atoms with Crippen LogP contribution in [0.5, 0.6) is 0 Å². The van der Waals surface area contributed by atoms with Gasteiger partial charge in [0.2, 0.25) is 0 Å². The fourth-order valence-corrected chi connectivity index (χ4v) is 1.69. The molecule has 1 aliphatic rings. The van der Waals surface area contributed by atoms with Crippen LogP contribution in [0.2, 0.25) is 0 Å². The summed E-state index contributed by atoms with van der Waals surface area (Å²) in [4.78, 5) is 11.3. The second-order valence-electron chi connectivity index (χ2n) is 3.28. The van der Waals surface area contributed by atoms with Crippen LogP contribution in [0.4, 0.5) is 5.69 Å². The predicted molar refractivity (Wildman–Crippen MR) is 48.7 cm³/mol. The average molecular weight is 161 g/mol. The van der Waals surface area contributed by atoms with Gasteiger partial charge >= 0.3 is 0 Å². The van der Waals surface area contributed by atoms with Gasteiger partial charge in [-0.3, -0.25) is 4.79 Å². The Morgan fingerprint density at radius 3 is 2.83 bits per heavy atom. The Kier molecular flexibility index (Phi) is 1.43. The maximum absolute atomic E-state index is 11.3. The highest BCUT2D eigenvalue weighted by Crippen LogP contribution is 2.27. The van der Waals surface area contributed by atoms with E-state index in [2.05, 4.69) is 11.4 Å². The molecule has 12 heavy (non-hydrogen) atoms.